The summed E-state index contributed by atoms with van der Waals surface area (Å²) in [4.78, 5) is 22.1. The molecule has 2 rings (SSSR count). The Kier molecular flexibility index (Phi) is 5.07. The van der Waals surface area contributed by atoms with E-state index >= 15 is 0 Å². The molecule has 0 saturated carbocycles. The van der Waals surface area contributed by atoms with Gasteiger partial charge in [-0.25, -0.2) is 9.18 Å². The molecule has 0 radical (unpaired) electrons. The number of thiocarbonyl (C=S) groups is 1. The van der Waals surface area contributed by atoms with Gasteiger partial charge in [-0.3, -0.25) is 10.1 Å². The van der Waals surface area contributed by atoms with Crippen molar-refractivity contribution in [3.05, 3.63) is 50.7 Å². The molecule has 128 valence electrons. The van der Waals surface area contributed by atoms with Crippen molar-refractivity contribution in [2.45, 2.75) is 19.9 Å². The highest BCUT2D eigenvalue weighted by Gasteiger charge is 2.34. The summed E-state index contributed by atoms with van der Waals surface area (Å²) in [5.41, 5.74) is -0.869. The third-order valence-corrected chi connectivity index (χ3v) is 3.56. The molecule has 10 heteroatoms. The smallest absolute Gasteiger partial charge is 0.338 e. The Morgan fingerprint density at radius 3 is 2.67 bits per heavy atom. The predicted molar refractivity (Wildman–Crippen MR) is 84.0 cm³/mol. The fraction of sp³-hybridized carbons (Fsp3) is 0.286. The Morgan fingerprint density at radius 1 is 1.42 bits per heavy atom. The largest absolute Gasteiger partial charge is 0.463 e. The van der Waals surface area contributed by atoms with Crippen molar-refractivity contribution < 1.29 is 23.2 Å². The van der Waals surface area contributed by atoms with E-state index in [9.17, 15) is 23.7 Å². The number of hydrogen-bond donors (Lipinski definition) is 2. The van der Waals surface area contributed by atoms with Crippen molar-refractivity contribution in [1.82, 2.24) is 10.6 Å². The zero-order chi connectivity index (χ0) is 18.0. The number of halogens is 2. The van der Waals surface area contributed by atoms with Crippen LogP contribution >= 0.6 is 12.2 Å². The lowest BCUT2D eigenvalue weighted by molar-refractivity contribution is -0.387. The van der Waals surface area contributed by atoms with E-state index < -0.39 is 34.3 Å². The number of hydrogen-bond acceptors (Lipinski definition) is 5. The molecule has 1 heterocycles. The van der Waals surface area contributed by atoms with Crippen LogP contribution in [0.15, 0.2) is 23.4 Å². The number of nitro groups is 1. The van der Waals surface area contributed by atoms with Crippen LogP contribution in [0.25, 0.3) is 0 Å². The molecule has 0 saturated heterocycles. The molecule has 0 bridgehead atoms. The first-order valence-corrected chi connectivity index (χ1v) is 7.25. The second-order valence-electron chi connectivity index (χ2n) is 4.87. The number of allylic oxidation sites excluding steroid dienone is 1. The zero-order valence-electron chi connectivity index (χ0n) is 12.7. The third kappa shape index (κ3) is 3.32. The van der Waals surface area contributed by atoms with Crippen LogP contribution in [0.4, 0.5) is 14.5 Å². The van der Waals surface area contributed by atoms with Crippen LogP contribution in [-0.4, -0.2) is 22.6 Å². The highest BCUT2D eigenvalue weighted by atomic mass is 32.1. The maximum absolute atomic E-state index is 14.2. The monoisotopic (exact) mass is 357 g/mol. The second kappa shape index (κ2) is 6.87. The number of nitrogens with one attached hydrogen (secondary N) is 2. The van der Waals surface area contributed by atoms with Gasteiger partial charge in [-0.1, -0.05) is 0 Å². The van der Waals surface area contributed by atoms with E-state index in [0.29, 0.717) is 11.8 Å². The number of esters is 1. The summed E-state index contributed by atoms with van der Waals surface area (Å²) in [6, 6.07) is -0.00159. The summed E-state index contributed by atoms with van der Waals surface area (Å²) in [5, 5.41) is 16.4. The van der Waals surface area contributed by atoms with Gasteiger partial charge in [-0.15, -0.1) is 0 Å². The molecule has 0 amide bonds. The lowest BCUT2D eigenvalue weighted by Crippen LogP contribution is -2.45. The van der Waals surface area contributed by atoms with Crippen molar-refractivity contribution in [3.63, 3.8) is 0 Å². The van der Waals surface area contributed by atoms with Crippen LogP contribution in [0, 0.1) is 21.7 Å². The van der Waals surface area contributed by atoms with E-state index in [-0.39, 0.29) is 22.9 Å². The van der Waals surface area contributed by atoms with Gasteiger partial charge in [0.15, 0.2) is 5.11 Å². The number of benzene rings is 1. The van der Waals surface area contributed by atoms with Gasteiger partial charge in [-0.2, -0.15) is 4.39 Å². The third-order valence-electron chi connectivity index (χ3n) is 3.34. The van der Waals surface area contributed by atoms with Crippen molar-refractivity contribution in [3.8, 4) is 0 Å². The number of ether oxygens (including phenoxy) is 1. The van der Waals surface area contributed by atoms with Crippen LogP contribution < -0.4 is 10.6 Å². The Bertz CT molecular complexity index is 767. The number of carbonyl (C=O) groups is 1. The molecule has 1 aromatic rings. The molecule has 2 N–H and O–H groups in total. The van der Waals surface area contributed by atoms with Gasteiger partial charge in [0, 0.05) is 23.4 Å². The minimum atomic E-state index is -1.31. The lowest BCUT2D eigenvalue weighted by Gasteiger charge is -2.29. The van der Waals surface area contributed by atoms with Gasteiger partial charge in [0.1, 0.15) is 5.82 Å². The SMILES string of the molecule is CCOC(=O)C1=C(C)NC(=S)NC1c1cc([N+](=O)[O-])c(F)cc1F. The van der Waals surface area contributed by atoms with Crippen LogP contribution in [0.1, 0.15) is 25.5 Å². The molecule has 0 aliphatic carbocycles. The van der Waals surface area contributed by atoms with Gasteiger partial charge in [-0.05, 0) is 26.1 Å². The van der Waals surface area contributed by atoms with Gasteiger partial charge >= 0.3 is 11.7 Å². The Morgan fingerprint density at radius 2 is 2.08 bits per heavy atom. The van der Waals surface area contributed by atoms with E-state index in [1.54, 1.807) is 6.92 Å². The molecule has 7 nitrogen and oxygen atoms in total. The minimum Gasteiger partial charge on any atom is -0.463 e. The van der Waals surface area contributed by atoms with Crippen molar-refractivity contribution in [1.29, 1.82) is 0 Å². The van der Waals surface area contributed by atoms with Crippen molar-refractivity contribution in [2.75, 3.05) is 6.61 Å². The van der Waals surface area contributed by atoms with E-state index in [1.807, 2.05) is 0 Å². The number of nitrogens with zero attached hydrogens (tertiary/aromatic N) is 1. The first kappa shape index (κ1) is 17.7. The molecule has 0 spiro atoms. The molecular formula is C14H13F2N3O4S. The molecule has 1 atom stereocenters. The average Bonchev–Trinajstić information content (AvgIpc) is 2.46. The second-order valence-corrected chi connectivity index (χ2v) is 5.28. The maximum Gasteiger partial charge on any atom is 0.338 e. The molecule has 1 aliphatic heterocycles. The fourth-order valence-corrected chi connectivity index (χ4v) is 2.59. The molecule has 1 unspecified atom stereocenters. The Balaban J connectivity index is 2.61. The van der Waals surface area contributed by atoms with Gasteiger partial charge in [0.25, 0.3) is 0 Å². The first-order valence-electron chi connectivity index (χ1n) is 6.85. The van der Waals surface area contributed by atoms with Crippen molar-refractivity contribution in [2.24, 2.45) is 0 Å². The summed E-state index contributed by atoms with van der Waals surface area (Å²) in [5.74, 6) is -3.10. The topological polar surface area (TPSA) is 93.5 Å². The Labute approximate surface area is 140 Å². The van der Waals surface area contributed by atoms with Crippen LogP contribution in [0.3, 0.4) is 0 Å². The van der Waals surface area contributed by atoms with E-state index in [1.165, 1.54) is 6.92 Å². The van der Waals surface area contributed by atoms with E-state index in [0.717, 1.165) is 6.07 Å². The minimum absolute atomic E-state index is 0.00487. The lowest BCUT2D eigenvalue weighted by atomic mass is 9.94. The van der Waals surface area contributed by atoms with Crippen molar-refractivity contribution >= 4 is 29.0 Å². The zero-order valence-corrected chi connectivity index (χ0v) is 13.5. The Hall–Kier alpha value is -2.62. The molecule has 1 aromatic carbocycles. The standard InChI is InChI=1S/C14H13F2N3O4S/c1-3-23-13(20)11-6(2)17-14(24)18-12(11)7-4-10(19(21)22)9(16)5-8(7)15/h4-5,12H,3H2,1-2H3,(H2,17,18,24). The van der Waals surface area contributed by atoms with Crippen LogP contribution in [0.5, 0.6) is 0 Å². The molecule has 24 heavy (non-hydrogen) atoms. The van der Waals surface area contributed by atoms with Gasteiger partial charge in [0.2, 0.25) is 5.82 Å². The van der Waals surface area contributed by atoms with Gasteiger partial charge < -0.3 is 15.4 Å². The molecule has 1 aliphatic rings. The van der Waals surface area contributed by atoms with E-state index in [4.69, 9.17) is 17.0 Å². The van der Waals surface area contributed by atoms with Crippen LogP contribution in [0.2, 0.25) is 0 Å². The van der Waals surface area contributed by atoms with Gasteiger partial charge in [0.05, 0.1) is 23.1 Å². The first-order chi connectivity index (χ1) is 11.3. The average molecular weight is 357 g/mol. The predicted octanol–water partition coefficient (Wildman–Crippen LogP) is 2.23. The number of nitro benzene ring substituents is 1. The highest BCUT2D eigenvalue weighted by molar-refractivity contribution is 7.80. The summed E-state index contributed by atoms with van der Waals surface area (Å²) in [6.45, 7) is 3.21. The fourth-order valence-electron chi connectivity index (χ4n) is 2.32. The van der Waals surface area contributed by atoms with E-state index in [2.05, 4.69) is 10.6 Å². The number of carbonyl (C=O) groups excluding carboxylic acids is 1. The molecular weight excluding hydrogens is 344 g/mol. The summed E-state index contributed by atoms with van der Waals surface area (Å²) in [7, 11) is 0. The normalized spacial score (nSPS) is 17.2. The molecule has 0 aromatic heterocycles. The van der Waals surface area contributed by atoms with Crippen LogP contribution in [-0.2, 0) is 9.53 Å². The summed E-state index contributed by atoms with van der Waals surface area (Å²) in [6.07, 6.45) is 0. The highest BCUT2D eigenvalue weighted by Crippen LogP contribution is 2.32. The summed E-state index contributed by atoms with van der Waals surface area (Å²) < 4.78 is 32.7. The molecule has 0 fully saturated rings. The quantitative estimate of drug-likeness (QED) is 0.369. The number of rotatable bonds is 4. The maximum atomic E-state index is 14.2. The summed E-state index contributed by atoms with van der Waals surface area (Å²) >= 11 is 4.98.